The summed E-state index contributed by atoms with van der Waals surface area (Å²) in [5, 5.41) is 0. The number of carbonyl (C=O) groups is 1. The Bertz CT molecular complexity index is 717. The van der Waals surface area contributed by atoms with E-state index in [2.05, 4.69) is 43.3 Å². The average Bonchev–Trinajstić information content (AvgIpc) is 2.68. The van der Waals surface area contributed by atoms with Gasteiger partial charge >= 0.3 is 0 Å². The van der Waals surface area contributed by atoms with Crippen LogP contribution in [0.4, 0.5) is 0 Å². The van der Waals surface area contributed by atoms with Gasteiger partial charge in [-0.2, -0.15) is 0 Å². The second-order valence-corrected chi connectivity index (χ2v) is 7.41. The highest BCUT2D eigenvalue weighted by molar-refractivity contribution is 5.85. The number of amides is 1. The van der Waals surface area contributed by atoms with Crippen LogP contribution in [-0.4, -0.2) is 48.9 Å². The van der Waals surface area contributed by atoms with Crippen molar-refractivity contribution in [3.05, 3.63) is 71.8 Å². The molecule has 0 saturated carbocycles. The molecule has 0 bridgehead atoms. The average molecular weight is 424 g/mol. The van der Waals surface area contributed by atoms with Crippen LogP contribution in [0.2, 0.25) is 0 Å². The molecule has 0 aliphatic carbocycles. The monoisotopic (exact) mass is 423 g/mol. The number of hydrogen-bond acceptors (Lipinski definition) is 3. The summed E-state index contributed by atoms with van der Waals surface area (Å²) in [4.78, 5) is 17.0. The van der Waals surface area contributed by atoms with Crippen molar-refractivity contribution in [1.82, 2.24) is 9.80 Å². The molecule has 154 valence electrons. The van der Waals surface area contributed by atoms with E-state index in [9.17, 15) is 4.79 Å². The molecule has 3 rings (SSSR count). The molecule has 1 atom stereocenters. The highest BCUT2D eigenvalue weighted by atomic mass is 35.5. The molecule has 0 unspecified atom stereocenters. The number of rotatable bonds is 5. The molecule has 28 heavy (non-hydrogen) atoms. The van der Waals surface area contributed by atoms with E-state index in [4.69, 9.17) is 5.73 Å². The molecule has 1 saturated heterocycles. The number of nitrogens with zero attached hydrogens (tertiary/aromatic N) is 2. The van der Waals surface area contributed by atoms with Gasteiger partial charge in [0, 0.05) is 18.6 Å². The van der Waals surface area contributed by atoms with E-state index in [0.29, 0.717) is 6.42 Å². The molecular formula is C22H31Cl2N3O. The van der Waals surface area contributed by atoms with E-state index in [1.165, 1.54) is 5.56 Å². The third-order valence-corrected chi connectivity index (χ3v) is 5.69. The van der Waals surface area contributed by atoms with Gasteiger partial charge in [0.15, 0.2) is 0 Å². The zero-order chi connectivity index (χ0) is 18.6. The van der Waals surface area contributed by atoms with Crippen LogP contribution in [0.1, 0.15) is 24.0 Å². The molecular weight excluding hydrogens is 393 g/mol. The minimum absolute atomic E-state index is 0. The molecule has 2 aromatic carbocycles. The van der Waals surface area contributed by atoms with Crippen LogP contribution in [0.15, 0.2) is 60.7 Å². The van der Waals surface area contributed by atoms with E-state index < -0.39 is 6.04 Å². The Hall–Kier alpha value is -1.59. The molecule has 1 aliphatic heterocycles. The van der Waals surface area contributed by atoms with E-state index in [0.717, 1.165) is 31.5 Å². The van der Waals surface area contributed by atoms with Gasteiger partial charge in [0.2, 0.25) is 5.91 Å². The predicted molar refractivity (Wildman–Crippen MR) is 120 cm³/mol. The molecule has 4 nitrogen and oxygen atoms in total. The fourth-order valence-corrected chi connectivity index (χ4v) is 4.03. The minimum Gasteiger partial charge on any atom is -0.341 e. The molecule has 1 heterocycles. The lowest BCUT2D eigenvalue weighted by Crippen LogP contribution is -2.54. The summed E-state index contributed by atoms with van der Waals surface area (Å²) in [7, 11) is 4.26. The van der Waals surface area contributed by atoms with Crippen LogP contribution >= 0.6 is 24.8 Å². The number of likely N-dealkylation sites (tertiary alicyclic amines) is 1. The van der Waals surface area contributed by atoms with Crippen LogP contribution in [0.3, 0.4) is 0 Å². The van der Waals surface area contributed by atoms with Gasteiger partial charge in [0.05, 0.1) is 6.04 Å². The summed E-state index contributed by atoms with van der Waals surface area (Å²) in [6, 6.07) is 20.1. The van der Waals surface area contributed by atoms with Crippen molar-refractivity contribution >= 4 is 30.7 Å². The summed E-state index contributed by atoms with van der Waals surface area (Å²) in [6.07, 6.45) is 2.44. The Labute approximate surface area is 180 Å². The van der Waals surface area contributed by atoms with E-state index in [1.807, 2.05) is 41.3 Å². The van der Waals surface area contributed by atoms with Crippen LogP contribution in [-0.2, 0) is 16.8 Å². The summed E-state index contributed by atoms with van der Waals surface area (Å²) in [5.74, 6) is 0.0641. The van der Waals surface area contributed by atoms with Crippen molar-refractivity contribution in [3.8, 4) is 0 Å². The molecule has 0 spiro atoms. The number of nitrogens with two attached hydrogens (primary N) is 1. The van der Waals surface area contributed by atoms with Crippen molar-refractivity contribution in [1.29, 1.82) is 0 Å². The number of benzene rings is 2. The smallest absolute Gasteiger partial charge is 0.239 e. The largest absolute Gasteiger partial charge is 0.341 e. The molecule has 0 radical (unpaired) electrons. The summed E-state index contributed by atoms with van der Waals surface area (Å²) < 4.78 is 0. The standard InChI is InChI=1S/C22H29N3O.2ClH/c1-24(2)22(19-11-7-4-8-12-19)13-15-25(16-14-22)21(26)20(23)17-18-9-5-3-6-10-18;;/h3-12,20H,13-17,23H2,1-2H3;2*1H/t20-;;/m0../s1. The lowest BCUT2D eigenvalue weighted by atomic mass is 9.79. The number of piperidine rings is 1. The molecule has 2 N–H and O–H groups in total. The van der Waals surface area contributed by atoms with Crippen LogP contribution in [0.25, 0.3) is 0 Å². The van der Waals surface area contributed by atoms with Gasteiger partial charge in [0.1, 0.15) is 0 Å². The first kappa shape index (κ1) is 24.4. The van der Waals surface area contributed by atoms with Gasteiger partial charge in [-0.15, -0.1) is 24.8 Å². The fraction of sp³-hybridized carbons (Fsp3) is 0.409. The van der Waals surface area contributed by atoms with Gasteiger partial charge in [-0.25, -0.2) is 0 Å². The maximum Gasteiger partial charge on any atom is 0.239 e. The van der Waals surface area contributed by atoms with Crippen molar-refractivity contribution in [2.75, 3.05) is 27.2 Å². The van der Waals surface area contributed by atoms with Crippen molar-refractivity contribution < 1.29 is 4.79 Å². The SMILES string of the molecule is CN(C)C1(c2ccccc2)CCN(C(=O)[C@@H](N)Cc2ccccc2)CC1.Cl.Cl. The van der Waals surface area contributed by atoms with Crippen LogP contribution in [0.5, 0.6) is 0 Å². The first-order chi connectivity index (χ1) is 12.5. The highest BCUT2D eigenvalue weighted by Gasteiger charge is 2.39. The zero-order valence-corrected chi connectivity index (χ0v) is 18.2. The van der Waals surface area contributed by atoms with E-state index >= 15 is 0 Å². The Kier molecular flexibility index (Phi) is 9.45. The normalized spacial score (nSPS) is 16.6. The van der Waals surface area contributed by atoms with Crippen molar-refractivity contribution in [3.63, 3.8) is 0 Å². The fourth-order valence-electron chi connectivity index (χ4n) is 4.03. The minimum atomic E-state index is -0.471. The quantitative estimate of drug-likeness (QED) is 0.800. The Balaban J connectivity index is 0.00000196. The molecule has 0 aromatic heterocycles. The Morgan fingerprint density at radius 1 is 1.00 bits per heavy atom. The first-order valence-electron chi connectivity index (χ1n) is 9.34. The summed E-state index contributed by atoms with van der Waals surface area (Å²) in [5.41, 5.74) is 8.64. The molecule has 1 fully saturated rings. The zero-order valence-electron chi connectivity index (χ0n) is 16.6. The van der Waals surface area contributed by atoms with Crippen molar-refractivity contribution in [2.24, 2.45) is 5.73 Å². The molecule has 1 amide bonds. The Morgan fingerprint density at radius 2 is 1.50 bits per heavy atom. The highest BCUT2D eigenvalue weighted by Crippen LogP contribution is 2.37. The third-order valence-electron chi connectivity index (χ3n) is 5.69. The lowest BCUT2D eigenvalue weighted by molar-refractivity contribution is -0.135. The van der Waals surface area contributed by atoms with Crippen LogP contribution < -0.4 is 5.73 Å². The van der Waals surface area contributed by atoms with Gasteiger partial charge in [0.25, 0.3) is 0 Å². The van der Waals surface area contributed by atoms with E-state index in [-0.39, 0.29) is 36.3 Å². The second-order valence-electron chi connectivity index (χ2n) is 7.41. The maximum absolute atomic E-state index is 12.8. The van der Waals surface area contributed by atoms with Gasteiger partial charge in [-0.05, 0) is 44.5 Å². The Morgan fingerprint density at radius 3 is 2.00 bits per heavy atom. The second kappa shape index (κ2) is 10.8. The van der Waals surface area contributed by atoms with Gasteiger partial charge in [-0.1, -0.05) is 60.7 Å². The van der Waals surface area contributed by atoms with Gasteiger partial charge < -0.3 is 10.6 Å². The first-order valence-corrected chi connectivity index (χ1v) is 9.34. The lowest BCUT2D eigenvalue weighted by Gasteiger charge is -2.47. The maximum atomic E-state index is 12.8. The van der Waals surface area contributed by atoms with E-state index in [1.54, 1.807) is 0 Å². The topological polar surface area (TPSA) is 49.6 Å². The van der Waals surface area contributed by atoms with Crippen molar-refractivity contribution in [2.45, 2.75) is 30.8 Å². The number of halogens is 2. The predicted octanol–water partition coefficient (Wildman–Crippen LogP) is 3.48. The molecule has 1 aliphatic rings. The molecule has 6 heteroatoms. The summed E-state index contributed by atoms with van der Waals surface area (Å²) >= 11 is 0. The van der Waals surface area contributed by atoms with Gasteiger partial charge in [-0.3, -0.25) is 9.69 Å². The molecule has 2 aromatic rings. The third kappa shape index (κ3) is 5.26. The number of carbonyl (C=O) groups excluding carboxylic acids is 1. The summed E-state index contributed by atoms with van der Waals surface area (Å²) in [6.45, 7) is 1.49. The number of hydrogen-bond donors (Lipinski definition) is 1. The van der Waals surface area contributed by atoms with Crippen LogP contribution in [0, 0.1) is 0 Å².